The van der Waals surface area contributed by atoms with E-state index >= 15 is 0 Å². The molecule has 2 aromatic rings. The maximum Gasteiger partial charge on any atom is 0.250 e. The Morgan fingerprint density at radius 2 is 1.85 bits per heavy atom. The number of carbonyl (C=O) groups is 1. The second-order valence-corrected chi connectivity index (χ2v) is 5.80. The van der Waals surface area contributed by atoms with Crippen LogP contribution in [-0.4, -0.2) is 19.6 Å². The molecule has 0 unspecified atom stereocenters. The molecule has 0 aliphatic heterocycles. The first kappa shape index (κ1) is 14.6. The van der Waals surface area contributed by atoms with Crippen LogP contribution in [0.2, 0.25) is 0 Å². The number of methoxy groups -OCH3 is 1. The van der Waals surface area contributed by atoms with Crippen LogP contribution in [0, 0.1) is 6.92 Å². The summed E-state index contributed by atoms with van der Waals surface area (Å²) in [5.74, 6) is -0.151. The van der Waals surface area contributed by atoms with E-state index < -0.39 is 0 Å². The minimum absolute atomic E-state index is 0.0672. The fourth-order valence-corrected chi connectivity index (χ4v) is 2.60. The Hall–Kier alpha value is -1.85. The highest BCUT2D eigenvalue weighted by molar-refractivity contribution is 7.11. The highest BCUT2D eigenvalue weighted by Gasteiger charge is 2.01. The zero-order valence-electron chi connectivity index (χ0n) is 11.6. The summed E-state index contributed by atoms with van der Waals surface area (Å²) in [6, 6.07) is 11.9. The van der Waals surface area contributed by atoms with Crippen LogP contribution in [0.15, 0.2) is 36.4 Å². The van der Waals surface area contributed by atoms with Crippen molar-refractivity contribution >= 4 is 28.6 Å². The van der Waals surface area contributed by atoms with Crippen LogP contribution >= 0.6 is 11.3 Å². The molecule has 4 nitrogen and oxygen atoms in total. The normalized spacial score (nSPS) is 10.3. The van der Waals surface area contributed by atoms with E-state index in [9.17, 15) is 4.79 Å². The van der Waals surface area contributed by atoms with E-state index in [-0.39, 0.29) is 12.5 Å². The van der Waals surface area contributed by atoms with Crippen molar-refractivity contribution in [2.24, 2.45) is 0 Å². The highest BCUT2D eigenvalue weighted by atomic mass is 32.1. The summed E-state index contributed by atoms with van der Waals surface area (Å²) in [7, 11) is 1.50. The molecule has 1 heterocycles. The lowest BCUT2D eigenvalue weighted by molar-refractivity contribution is -0.119. The number of aryl methyl sites for hydroxylation is 1. The number of rotatable bonds is 6. The van der Waals surface area contributed by atoms with Crippen molar-refractivity contribution < 1.29 is 9.53 Å². The van der Waals surface area contributed by atoms with Gasteiger partial charge >= 0.3 is 0 Å². The Bertz CT molecular complexity index is 564. The number of amides is 1. The van der Waals surface area contributed by atoms with Gasteiger partial charge in [-0.15, -0.1) is 11.3 Å². The number of benzene rings is 1. The Morgan fingerprint density at radius 3 is 2.45 bits per heavy atom. The van der Waals surface area contributed by atoms with Crippen molar-refractivity contribution in [1.82, 2.24) is 0 Å². The predicted molar refractivity (Wildman–Crippen MR) is 83.3 cm³/mol. The molecule has 0 aliphatic rings. The second kappa shape index (κ2) is 7.07. The van der Waals surface area contributed by atoms with Gasteiger partial charge in [-0.25, -0.2) is 0 Å². The van der Waals surface area contributed by atoms with Gasteiger partial charge in [-0.05, 0) is 43.3 Å². The van der Waals surface area contributed by atoms with Gasteiger partial charge in [0.2, 0.25) is 5.91 Å². The lowest BCUT2D eigenvalue weighted by Crippen LogP contribution is -2.16. The Balaban J connectivity index is 1.86. The minimum Gasteiger partial charge on any atom is -0.380 e. The average molecular weight is 290 g/mol. The molecule has 2 N–H and O–H groups in total. The molecular weight excluding hydrogens is 272 g/mol. The summed E-state index contributed by atoms with van der Waals surface area (Å²) in [6.07, 6.45) is 0. The first-order valence-electron chi connectivity index (χ1n) is 6.35. The van der Waals surface area contributed by atoms with Gasteiger partial charge in [-0.1, -0.05) is 0 Å². The summed E-state index contributed by atoms with van der Waals surface area (Å²) in [4.78, 5) is 14.0. The molecule has 0 spiro atoms. The summed E-state index contributed by atoms with van der Waals surface area (Å²) in [6.45, 7) is 2.98. The number of hydrogen-bond donors (Lipinski definition) is 2. The van der Waals surface area contributed by atoms with Crippen molar-refractivity contribution in [2.45, 2.75) is 13.5 Å². The summed E-state index contributed by atoms with van der Waals surface area (Å²) in [5, 5.41) is 6.11. The Labute approximate surface area is 122 Å². The van der Waals surface area contributed by atoms with Crippen molar-refractivity contribution in [2.75, 3.05) is 24.4 Å². The van der Waals surface area contributed by atoms with Crippen molar-refractivity contribution in [3.63, 3.8) is 0 Å². The van der Waals surface area contributed by atoms with Gasteiger partial charge in [-0.3, -0.25) is 4.79 Å². The molecule has 0 saturated heterocycles. The first-order valence-corrected chi connectivity index (χ1v) is 7.17. The molecule has 0 radical (unpaired) electrons. The van der Waals surface area contributed by atoms with Crippen molar-refractivity contribution in [3.05, 3.63) is 46.2 Å². The van der Waals surface area contributed by atoms with Gasteiger partial charge < -0.3 is 15.4 Å². The molecule has 5 heteroatoms. The molecule has 0 aliphatic carbocycles. The summed E-state index contributed by atoms with van der Waals surface area (Å²) < 4.78 is 4.77. The highest BCUT2D eigenvalue weighted by Crippen LogP contribution is 2.18. The fourth-order valence-electron chi connectivity index (χ4n) is 1.77. The number of thiophene rings is 1. The van der Waals surface area contributed by atoms with Crippen LogP contribution in [0.3, 0.4) is 0 Å². The predicted octanol–water partition coefficient (Wildman–Crippen LogP) is 3.25. The maximum absolute atomic E-state index is 11.4. The van der Waals surface area contributed by atoms with Crippen LogP contribution < -0.4 is 10.6 Å². The van der Waals surface area contributed by atoms with E-state index in [1.165, 1.54) is 16.9 Å². The lowest BCUT2D eigenvalue weighted by Gasteiger charge is -2.07. The number of nitrogens with one attached hydrogen (secondary N) is 2. The zero-order valence-corrected chi connectivity index (χ0v) is 12.4. The van der Waals surface area contributed by atoms with E-state index in [4.69, 9.17) is 4.74 Å². The third-order valence-corrected chi connectivity index (χ3v) is 3.71. The number of hydrogen-bond acceptors (Lipinski definition) is 4. The molecule has 106 valence electrons. The largest absolute Gasteiger partial charge is 0.380 e. The van der Waals surface area contributed by atoms with E-state index in [0.29, 0.717) is 0 Å². The smallest absolute Gasteiger partial charge is 0.250 e. The minimum atomic E-state index is -0.151. The van der Waals surface area contributed by atoms with Gasteiger partial charge in [0.05, 0.1) is 0 Å². The number of carbonyl (C=O) groups excluding carboxylic acids is 1. The molecular formula is C15H18N2O2S. The molecule has 2 rings (SSSR count). The molecule has 0 saturated carbocycles. The average Bonchev–Trinajstić information content (AvgIpc) is 2.84. The van der Waals surface area contributed by atoms with Gasteiger partial charge in [0.1, 0.15) is 6.61 Å². The van der Waals surface area contributed by atoms with Crippen LogP contribution in [0.1, 0.15) is 9.75 Å². The fraction of sp³-hybridized carbons (Fsp3) is 0.267. The second-order valence-electron chi connectivity index (χ2n) is 4.42. The Kier molecular flexibility index (Phi) is 5.15. The van der Waals surface area contributed by atoms with Crippen molar-refractivity contribution in [3.8, 4) is 0 Å². The van der Waals surface area contributed by atoms with Gasteiger partial charge in [0.15, 0.2) is 0 Å². The maximum atomic E-state index is 11.4. The SMILES string of the molecule is COCC(=O)Nc1ccc(NCc2ccc(C)s2)cc1. The van der Waals surface area contributed by atoms with E-state index in [0.717, 1.165) is 17.9 Å². The number of ether oxygens (including phenoxy) is 1. The topological polar surface area (TPSA) is 50.4 Å². The molecule has 0 fully saturated rings. The lowest BCUT2D eigenvalue weighted by atomic mass is 10.2. The molecule has 1 amide bonds. The third kappa shape index (κ3) is 4.36. The summed E-state index contributed by atoms with van der Waals surface area (Å²) in [5.41, 5.74) is 1.80. The van der Waals surface area contributed by atoms with Gasteiger partial charge in [0.25, 0.3) is 0 Å². The first-order chi connectivity index (χ1) is 9.67. The van der Waals surface area contributed by atoms with Crippen LogP contribution in [-0.2, 0) is 16.1 Å². The van der Waals surface area contributed by atoms with Gasteiger partial charge in [0, 0.05) is 34.8 Å². The molecule has 20 heavy (non-hydrogen) atoms. The third-order valence-electron chi connectivity index (χ3n) is 2.71. The number of anilines is 2. The van der Waals surface area contributed by atoms with Gasteiger partial charge in [-0.2, -0.15) is 0 Å². The summed E-state index contributed by atoms with van der Waals surface area (Å²) >= 11 is 1.79. The quantitative estimate of drug-likeness (QED) is 0.858. The molecule has 1 aromatic heterocycles. The molecule has 0 bridgehead atoms. The molecule has 0 atom stereocenters. The van der Waals surface area contributed by atoms with E-state index in [2.05, 4.69) is 29.7 Å². The van der Waals surface area contributed by atoms with Crippen LogP contribution in [0.25, 0.3) is 0 Å². The standard InChI is InChI=1S/C15H18N2O2S/c1-11-3-8-14(20-11)9-16-12-4-6-13(7-5-12)17-15(18)10-19-2/h3-8,16H,9-10H2,1-2H3,(H,17,18). The monoisotopic (exact) mass is 290 g/mol. The Morgan fingerprint density at radius 1 is 1.15 bits per heavy atom. The van der Waals surface area contributed by atoms with E-state index in [1.54, 1.807) is 11.3 Å². The van der Waals surface area contributed by atoms with Crippen molar-refractivity contribution in [1.29, 1.82) is 0 Å². The van der Waals surface area contributed by atoms with E-state index in [1.807, 2.05) is 24.3 Å². The van der Waals surface area contributed by atoms with Crippen LogP contribution in [0.5, 0.6) is 0 Å². The molecule has 1 aromatic carbocycles. The van der Waals surface area contributed by atoms with Crippen LogP contribution in [0.4, 0.5) is 11.4 Å². The zero-order chi connectivity index (χ0) is 14.4.